The molecule has 2 aromatic rings. The van der Waals surface area contributed by atoms with Crippen LogP contribution in [-0.4, -0.2) is 11.1 Å². The van der Waals surface area contributed by atoms with E-state index in [4.69, 9.17) is 15.1 Å². The van der Waals surface area contributed by atoms with Crippen molar-refractivity contribution in [3.63, 3.8) is 0 Å². The Morgan fingerprint density at radius 1 is 1.32 bits per heavy atom. The molecular weight excluding hydrogens is 246 g/mol. The molecule has 0 fully saturated rings. The number of benzene rings is 1. The van der Waals surface area contributed by atoms with Crippen LogP contribution in [0.3, 0.4) is 0 Å². The Kier molecular flexibility index (Phi) is 3.82. The van der Waals surface area contributed by atoms with Crippen molar-refractivity contribution in [3.8, 4) is 5.75 Å². The number of ether oxygens (including phenoxy) is 1. The number of carbonyl (C=O) groups excluding carboxylic acids is 1. The van der Waals surface area contributed by atoms with Crippen LogP contribution in [-0.2, 0) is 6.61 Å². The molecule has 0 bridgehead atoms. The first-order chi connectivity index (χ1) is 9.08. The number of hydrazine groups is 1. The van der Waals surface area contributed by atoms with Crippen LogP contribution in [0.2, 0.25) is 0 Å². The van der Waals surface area contributed by atoms with Gasteiger partial charge in [-0.15, -0.1) is 0 Å². The van der Waals surface area contributed by atoms with Crippen LogP contribution in [0.25, 0.3) is 0 Å². The topological polar surface area (TPSA) is 90.4 Å². The number of hydrogen-bond donors (Lipinski definition) is 2. The maximum Gasteiger partial charge on any atom is 0.287 e. The van der Waals surface area contributed by atoms with Crippen molar-refractivity contribution in [3.05, 3.63) is 46.8 Å². The molecule has 6 heteroatoms. The number of rotatable bonds is 4. The van der Waals surface area contributed by atoms with Crippen LogP contribution in [0.1, 0.15) is 27.4 Å². The Bertz CT molecular complexity index is 572. The lowest BCUT2D eigenvalue weighted by molar-refractivity contribution is 0.0944. The second-order valence-corrected chi connectivity index (χ2v) is 4.26. The molecule has 1 aromatic carbocycles. The van der Waals surface area contributed by atoms with Crippen molar-refractivity contribution in [1.29, 1.82) is 0 Å². The van der Waals surface area contributed by atoms with Gasteiger partial charge in [0.05, 0.1) is 0 Å². The minimum atomic E-state index is -0.499. The summed E-state index contributed by atoms with van der Waals surface area (Å²) in [6.45, 7) is 4.20. The molecule has 0 aliphatic heterocycles. The van der Waals surface area contributed by atoms with Gasteiger partial charge in [-0.3, -0.25) is 10.2 Å². The van der Waals surface area contributed by atoms with Gasteiger partial charge in [0, 0.05) is 6.07 Å². The molecule has 2 rings (SSSR count). The highest BCUT2D eigenvalue weighted by Gasteiger charge is 2.11. The molecule has 100 valence electrons. The fourth-order valence-corrected chi connectivity index (χ4v) is 1.73. The van der Waals surface area contributed by atoms with Gasteiger partial charge in [-0.2, -0.15) is 0 Å². The monoisotopic (exact) mass is 261 g/mol. The normalized spacial score (nSPS) is 10.3. The van der Waals surface area contributed by atoms with Gasteiger partial charge in [-0.25, -0.2) is 5.84 Å². The molecule has 0 atom stereocenters. The van der Waals surface area contributed by atoms with Crippen LogP contribution in [0.4, 0.5) is 0 Å². The smallest absolute Gasteiger partial charge is 0.287 e. The van der Waals surface area contributed by atoms with E-state index in [0.29, 0.717) is 5.76 Å². The van der Waals surface area contributed by atoms with E-state index in [1.54, 1.807) is 0 Å². The van der Waals surface area contributed by atoms with E-state index < -0.39 is 5.91 Å². The molecule has 0 saturated carbocycles. The van der Waals surface area contributed by atoms with Gasteiger partial charge in [0.15, 0.2) is 11.5 Å². The van der Waals surface area contributed by atoms with Crippen LogP contribution in [0.5, 0.6) is 5.75 Å². The zero-order valence-electron chi connectivity index (χ0n) is 10.8. The van der Waals surface area contributed by atoms with E-state index in [2.05, 4.69) is 11.2 Å². The molecule has 0 aliphatic rings. The highest BCUT2D eigenvalue weighted by Crippen LogP contribution is 2.17. The average molecular weight is 261 g/mol. The zero-order chi connectivity index (χ0) is 13.8. The molecule has 0 saturated heterocycles. The number of nitrogens with two attached hydrogens (primary N) is 1. The van der Waals surface area contributed by atoms with E-state index >= 15 is 0 Å². The molecule has 19 heavy (non-hydrogen) atoms. The summed E-state index contributed by atoms with van der Waals surface area (Å²) in [5, 5.41) is 3.59. The highest BCUT2D eigenvalue weighted by atomic mass is 16.5. The first-order valence-corrected chi connectivity index (χ1v) is 5.76. The van der Waals surface area contributed by atoms with Gasteiger partial charge < -0.3 is 9.26 Å². The third-order valence-electron chi connectivity index (χ3n) is 2.50. The van der Waals surface area contributed by atoms with Gasteiger partial charge in [0.25, 0.3) is 5.91 Å². The Morgan fingerprint density at radius 2 is 2.00 bits per heavy atom. The van der Waals surface area contributed by atoms with Crippen LogP contribution in [0.15, 0.2) is 28.8 Å². The quantitative estimate of drug-likeness (QED) is 0.494. The summed E-state index contributed by atoms with van der Waals surface area (Å²) in [6.07, 6.45) is 0. The molecular formula is C13H15N3O3. The number of nitrogens with one attached hydrogen (secondary N) is 1. The van der Waals surface area contributed by atoms with Crippen molar-refractivity contribution in [2.45, 2.75) is 20.5 Å². The lowest BCUT2D eigenvalue weighted by Crippen LogP contribution is -2.30. The van der Waals surface area contributed by atoms with Gasteiger partial charge in [0.2, 0.25) is 0 Å². The first-order valence-electron chi connectivity index (χ1n) is 5.76. The van der Waals surface area contributed by atoms with E-state index in [1.807, 2.05) is 31.4 Å². The van der Waals surface area contributed by atoms with Crippen LogP contribution >= 0.6 is 0 Å². The summed E-state index contributed by atoms with van der Waals surface area (Å²) in [6, 6.07) is 7.41. The van der Waals surface area contributed by atoms with Crippen LogP contribution < -0.4 is 16.0 Å². The van der Waals surface area contributed by atoms with Gasteiger partial charge in [-0.1, -0.05) is 11.2 Å². The van der Waals surface area contributed by atoms with E-state index in [9.17, 15) is 4.79 Å². The van der Waals surface area contributed by atoms with Crippen molar-refractivity contribution < 1.29 is 14.1 Å². The third kappa shape index (κ3) is 3.32. The van der Waals surface area contributed by atoms with Crippen molar-refractivity contribution in [2.24, 2.45) is 5.84 Å². The van der Waals surface area contributed by atoms with Gasteiger partial charge in [0.1, 0.15) is 12.4 Å². The minimum absolute atomic E-state index is 0.126. The Balaban J connectivity index is 2.02. The molecule has 6 nitrogen and oxygen atoms in total. The lowest BCUT2D eigenvalue weighted by Gasteiger charge is -2.06. The minimum Gasteiger partial charge on any atom is -0.486 e. The van der Waals surface area contributed by atoms with E-state index in [0.717, 1.165) is 16.9 Å². The predicted molar refractivity (Wildman–Crippen MR) is 68.4 cm³/mol. The molecule has 0 spiro atoms. The molecule has 1 amide bonds. The standard InChI is InChI=1S/C13H15N3O3/c1-8-3-9(2)5-10(4-8)18-7-11-6-12(16-19-11)13(17)15-14/h3-6H,7,14H2,1-2H3,(H,15,17). The summed E-state index contributed by atoms with van der Waals surface area (Å²) in [5.74, 6) is 5.71. The predicted octanol–water partition coefficient (Wildman–Crippen LogP) is 1.47. The molecule has 3 N–H and O–H groups in total. The number of hydrogen-bond acceptors (Lipinski definition) is 5. The number of carbonyl (C=O) groups is 1. The summed E-state index contributed by atoms with van der Waals surface area (Å²) in [5.41, 5.74) is 4.35. The fraction of sp³-hybridized carbons (Fsp3) is 0.231. The van der Waals surface area contributed by atoms with Gasteiger partial charge in [-0.05, 0) is 37.1 Å². The first kappa shape index (κ1) is 13.1. The average Bonchev–Trinajstić information content (AvgIpc) is 2.83. The molecule has 0 unspecified atom stereocenters. The van der Waals surface area contributed by atoms with E-state index in [-0.39, 0.29) is 12.3 Å². The lowest BCUT2D eigenvalue weighted by atomic mass is 10.1. The largest absolute Gasteiger partial charge is 0.486 e. The molecule has 1 aromatic heterocycles. The molecule has 0 radical (unpaired) electrons. The van der Waals surface area contributed by atoms with E-state index in [1.165, 1.54) is 6.07 Å². The second-order valence-electron chi connectivity index (χ2n) is 4.26. The highest BCUT2D eigenvalue weighted by molar-refractivity contribution is 5.91. The maximum atomic E-state index is 11.2. The molecule has 1 heterocycles. The second kappa shape index (κ2) is 5.53. The number of amides is 1. The number of aromatic nitrogens is 1. The van der Waals surface area contributed by atoms with Crippen molar-refractivity contribution in [2.75, 3.05) is 0 Å². The number of nitrogen functional groups attached to an aromatic ring is 1. The Morgan fingerprint density at radius 3 is 2.63 bits per heavy atom. The number of nitrogens with zero attached hydrogens (tertiary/aromatic N) is 1. The van der Waals surface area contributed by atoms with Crippen molar-refractivity contribution >= 4 is 5.91 Å². The number of aryl methyl sites for hydroxylation is 2. The summed E-state index contributed by atoms with van der Waals surface area (Å²) in [4.78, 5) is 11.2. The van der Waals surface area contributed by atoms with Gasteiger partial charge >= 0.3 is 0 Å². The van der Waals surface area contributed by atoms with Crippen LogP contribution in [0, 0.1) is 13.8 Å². The molecule has 0 aliphatic carbocycles. The zero-order valence-corrected chi connectivity index (χ0v) is 10.8. The summed E-state index contributed by atoms with van der Waals surface area (Å²) in [7, 11) is 0. The fourth-order valence-electron chi connectivity index (χ4n) is 1.73. The Hall–Kier alpha value is -2.34. The SMILES string of the molecule is Cc1cc(C)cc(OCc2cc(C(=O)NN)no2)c1. The van der Waals surface area contributed by atoms with Crippen molar-refractivity contribution in [1.82, 2.24) is 10.6 Å². The maximum absolute atomic E-state index is 11.2. The summed E-state index contributed by atoms with van der Waals surface area (Å²) >= 11 is 0. The third-order valence-corrected chi connectivity index (χ3v) is 2.50. The summed E-state index contributed by atoms with van der Waals surface area (Å²) < 4.78 is 10.6. The Labute approximate surface area is 110 Å².